The van der Waals surface area contributed by atoms with Crippen LogP contribution in [0.25, 0.3) is 11.0 Å². The first-order valence-electron chi connectivity index (χ1n) is 7.95. The average molecular weight is 344 g/mol. The van der Waals surface area contributed by atoms with Gasteiger partial charge < -0.3 is 15.0 Å². The fourth-order valence-corrected chi connectivity index (χ4v) is 3.80. The van der Waals surface area contributed by atoms with Gasteiger partial charge in [0.1, 0.15) is 11.5 Å². The van der Waals surface area contributed by atoms with Crippen LogP contribution < -0.4 is 10.5 Å². The highest BCUT2D eigenvalue weighted by molar-refractivity contribution is 6.28. The van der Waals surface area contributed by atoms with Crippen molar-refractivity contribution in [3.05, 3.63) is 41.4 Å². The van der Waals surface area contributed by atoms with Crippen molar-refractivity contribution < 1.29 is 4.74 Å². The van der Waals surface area contributed by atoms with Gasteiger partial charge in [-0.1, -0.05) is 0 Å². The molecule has 0 aliphatic heterocycles. The SMILES string of the molecule is COc1cc(C2CCC(n3ccc4c(N)nc(Cl)nc43)C2)ccn1. The summed E-state index contributed by atoms with van der Waals surface area (Å²) in [5, 5.41) is 1.04. The Morgan fingerprint density at radius 2 is 2.17 bits per heavy atom. The molecule has 0 amide bonds. The number of fused-ring (bicyclic) bond motifs is 1. The number of nitrogens with zero attached hydrogens (tertiary/aromatic N) is 4. The van der Waals surface area contributed by atoms with Crippen LogP contribution in [0.1, 0.15) is 36.8 Å². The average Bonchev–Trinajstić information content (AvgIpc) is 3.21. The fourth-order valence-electron chi connectivity index (χ4n) is 3.63. The molecule has 24 heavy (non-hydrogen) atoms. The standard InChI is InChI=1S/C17H18ClN5O/c1-24-14-9-11(4-6-20-14)10-2-3-12(8-10)23-7-5-13-15(19)21-17(18)22-16(13)23/h4-7,9-10,12H,2-3,8H2,1H3,(H2,19,21,22). The molecule has 0 spiro atoms. The minimum Gasteiger partial charge on any atom is -0.481 e. The van der Waals surface area contributed by atoms with Crippen molar-refractivity contribution in [3.8, 4) is 5.88 Å². The molecular formula is C17H18ClN5O. The number of methoxy groups -OCH3 is 1. The van der Waals surface area contributed by atoms with Gasteiger partial charge in [-0.05, 0) is 54.5 Å². The third kappa shape index (κ3) is 2.57. The molecule has 0 aromatic carbocycles. The molecule has 3 heterocycles. The van der Waals surface area contributed by atoms with Crippen LogP contribution in [0.15, 0.2) is 30.6 Å². The second kappa shape index (κ2) is 5.94. The van der Waals surface area contributed by atoms with Crippen LogP contribution in [-0.2, 0) is 0 Å². The Bertz CT molecular complexity index is 894. The lowest BCUT2D eigenvalue weighted by atomic mass is 9.98. The lowest BCUT2D eigenvalue weighted by molar-refractivity contribution is 0.396. The summed E-state index contributed by atoms with van der Waals surface area (Å²) in [5.41, 5.74) is 8.03. The highest BCUT2D eigenvalue weighted by atomic mass is 35.5. The second-order valence-corrected chi connectivity index (χ2v) is 6.47. The number of nitrogen functional groups attached to an aromatic ring is 1. The summed E-state index contributed by atoms with van der Waals surface area (Å²) < 4.78 is 7.41. The Balaban J connectivity index is 1.63. The van der Waals surface area contributed by atoms with Gasteiger partial charge in [0.25, 0.3) is 0 Å². The highest BCUT2D eigenvalue weighted by Gasteiger charge is 2.28. The Morgan fingerprint density at radius 1 is 1.29 bits per heavy atom. The zero-order chi connectivity index (χ0) is 16.7. The van der Waals surface area contributed by atoms with E-state index in [-0.39, 0.29) is 5.28 Å². The zero-order valence-corrected chi connectivity index (χ0v) is 14.1. The van der Waals surface area contributed by atoms with Crippen molar-refractivity contribution in [1.82, 2.24) is 19.5 Å². The van der Waals surface area contributed by atoms with Gasteiger partial charge in [0.2, 0.25) is 11.2 Å². The molecule has 1 aliphatic carbocycles. The third-order valence-corrected chi connectivity index (χ3v) is 4.98. The van der Waals surface area contributed by atoms with E-state index in [2.05, 4.69) is 25.6 Å². The maximum absolute atomic E-state index is 5.98. The van der Waals surface area contributed by atoms with Crippen LogP contribution in [-0.4, -0.2) is 26.6 Å². The smallest absolute Gasteiger partial charge is 0.226 e. The number of anilines is 1. The van der Waals surface area contributed by atoms with Gasteiger partial charge in [0, 0.05) is 24.5 Å². The van der Waals surface area contributed by atoms with E-state index in [0.29, 0.717) is 23.7 Å². The Hall–Kier alpha value is -2.34. The first-order chi connectivity index (χ1) is 11.7. The van der Waals surface area contributed by atoms with E-state index in [4.69, 9.17) is 22.1 Å². The first-order valence-corrected chi connectivity index (χ1v) is 8.33. The normalized spacial score (nSPS) is 20.6. The topological polar surface area (TPSA) is 78.9 Å². The van der Waals surface area contributed by atoms with Crippen LogP contribution in [0.5, 0.6) is 5.88 Å². The molecule has 7 heteroatoms. The first kappa shape index (κ1) is 15.2. The predicted molar refractivity (Wildman–Crippen MR) is 93.4 cm³/mol. The van der Waals surface area contributed by atoms with E-state index < -0.39 is 0 Å². The van der Waals surface area contributed by atoms with Crippen molar-refractivity contribution in [3.63, 3.8) is 0 Å². The van der Waals surface area contributed by atoms with Crippen LogP contribution in [0.4, 0.5) is 5.82 Å². The molecule has 3 aromatic heterocycles. The fraction of sp³-hybridized carbons (Fsp3) is 0.353. The van der Waals surface area contributed by atoms with E-state index >= 15 is 0 Å². The monoisotopic (exact) mass is 343 g/mol. The molecule has 1 fully saturated rings. The number of hydrogen-bond acceptors (Lipinski definition) is 5. The lowest BCUT2D eigenvalue weighted by Gasteiger charge is -2.15. The molecule has 1 aliphatic rings. The summed E-state index contributed by atoms with van der Waals surface area (Å²) in [6.07, 6.45) is 7.08. The van der Waals surface area contributed by atoms with Crippen molar-refractivity contribution in [2.45, 2.75) is 31.2 Å². The Labute approximate surface area is 144 Å². The van der Waals surface area contributed by atoms with Gasteiger partial charge in [-0.25, -0.2) is 9.97 Å². The highest BCUT2D eigenvalue weighted by Crippen LogP contribution is 2.42. The molecule has 3 aromatic rings. The number of hydrogen-bond donors (Lipinski definition) is 1. The third-order valence-electron chi connectivity index (χ3n) is 4.81. The van der Waals surface area contributed by atoms with Crippen LogP contribution in [0.3, 0.4) is 0 Å². The molecule has 0 radical (unpaired) electrons. The predicted octanol–water partition coefficient (Wildman–Crippen LogP) is 3.58. The molecule has 0 bridgehead atoms. The molecule has 1 saturated carbocycles. The largest absolute Gasteiger partial charge is 0.481 e. The Kier molecular flexibility index (Phi) is 3.76. The van der Waals surface area contributed by atoms with Crippen molar-refractivity contribution in [1.29, 1.82) is 0 Å². The van der Waals surface area contributed by atoms with E-state index in [1.807, 2.05) is 18.3 Å². The van der Waals surface area contributed by atoms with Crippen molar-refractivity contribution in [2.24, 2.45) is 0 Å². The lowest BCUT2D eigenvalue weighted by Crippen LogP contribution is -2.06. The van der Waals surface area contributed by atoms with Gasteiger partial charge in [-0.2, -0.15) is 4.98 Å². The molecule has 2 unspecified atom stereocenters. The number of nitrogens with two attached hydrogens (primary N) is 1. The van der Waals surface area contributed by atoms with Crippen LogP contribution >= 0.6 is 11.6 Å². The van der Waals surface area contributed by atoms with Gasteiger partial charge in [-0.3, -0.25) is 0 Å². The molecule has 2 atom stereocenters. The second-order valence-electron chi connectivity index (χ2n) is 6.13. The van der Waals surface area contributed by atoms with E-state index in [9.17, 15) is 0 Å². The van der Waals surface area contributed by atoms with Crippen LogP contribution in [0, 0.1) is 0 Å². The van der Waals surface area contributed by atoms with E-state index in [1.54, 1.807) is 13.3 Å². The minimum absolute atomic E-state index is 0.188. The molecule has 2 N–H and O–H groups in total. The summed E-state index contributed by atoms with van der Waals surface area (Å²) in [7, 11) is 1.64. The molecule has 124 valence electrons. The number of ether oxygens (including phenoxy) is 1. The molecule has 4 rings (SSSR count). The number of halogens is 1. The molecule has 0 saturated heterocycles. The summed E-state index contributed by atoms with van der Waals surface area (Å²) in [5.74, 6) is 1.57. The minimum atomic E-state index is 0.188. The van der Waals surface area contributed by atoms with Crippen molar-refractivity contribution >= 4 is 28.5 Å². The summed E-state index contributed by atoms with van der Waals surface area (Å²) in [6, 6.07) is 6.43. The Morgan fingerprint density at radius 3 is 3.00 bits per heavy atom. The molecule has 6 nitrogen and oxygen atoms in total. The van der Waals surface area contributed by atoms with Gasteiger partial charge in [-0.15, -0.1) is 0 Å². The summed E-state index contributed by atoms with van der Waals surface area (Å²) in [4.78, 5) is 12.6. The van der Waals surface area contributed by atoms with Crippen LogP contribution in [0.2, 0.25) is 5.28 Å². The summed E-state index contributed by atoms with van der Waals surface area (Å²) >= 11 is 5.98. The van der Waals surface area contributed by atoms with Gasteiger partial charge in [0.15, 0.2) is 0 Å². The van der Waals surface area contributed by atoms with E-state index in [0.717, 1.165) is 30.3 Å². The zero-order valence-electron chi connectivity index (χ0n) is 13.3. The number of pyridine rings is 1. The van der Waals surface area contributed by atoms with Crippen molar-refractivity contribution in [2.75, 3.05) is 12.8 Å². The quantitative estimate of drug-likeness (QED) is 0.735. The number of rotatable bonds is 3. The number of aromatic nitrogens is 4. The maximum Gasteiger partial charge on any atom is 0.226 e. The maximum atomic E-state index is 5.98. The molecular weight excluding hydrogens is 326 g/mol. The van der Waals surface area contributed by atoms with Gasteiger partial charge in [0.05, 0.1) is 12.5 Å². The van der Waals surface area contributed by atoms with Gasteiger partial charge >= 0.3 is 0 Å². The summed E-state index contributed by atoms with van der Waals surface area (Å²) in [6.45, 7) is 0. The van der Waals surface area contributed by atoms with E-state index in [1.165, 1.54) is 5.56 Å².